The monoisotopic (exact) mass is 514 g/mol. The zero-order valence-corrected chi connectivity index (χ0v) is 22.2. The van der Waals surface area contributed by atoms with Gasteiger partial charge in [0.15, 0.2) is 0 Å². The average Bonchev–Trinajstić information content (AvgIpc) is 3.33. The summed E-state index contributed by atoms with van der Waals surface area (Å²) in [4.78, 5) is 40.7. The number of ether oxygens (including phenoxy) is 1. The van der Waals surface area contributed by atoms with Crippen LogP contribution in [-0.2, 0) is 14.3 Å². The van der Waals surface area contributed by atoms with Gasteiger partial charge < -0.3 is 15.0 Å². The summed E-state index contributed by atoms with van der Waals surface area (Å²) in [5.41, 5.74) is 0.799. The third-order valence-corrected chi connectivity index (χ3v) is 8.64. The number of piperidine rings is 1. The number of fused-ring (bicyclic) bond motifs is 2. The normalized spacial score (nSPS) is 30.4. The van der Waals surface area contributed by atoms with E-state index in [0.29, 0.717) is 12.0 Å². The van der Waals surface area contributed by atoms with Crippen LogP contribution in [0.1, 0.15) is 77.2 Å². The molecule has 0 spiro atoms. The minimum atomic E-state index is -0.613. The summed E-state index contributed by atoms with van der Waals surface area (Å²) in [6, 6.07) is 5.11. The summed E-state index contributed by atoms with van der Waals surface area (Å²) >= 11 is 0. The number of alkyl carbamates (subject to hydrolysis) is 1. The predicted molar refractivity (Wildman–Crippen MR) is 138 cm³/mol. The van der Waals surface area contributed by atoms with Gasteiger partial charge in [-0.3, -0.25) is 19.8 Å². The van der Waals surface area contributed by atoms with Crippen LogP contribution in [0.5, 0.6) is 0 Å². The molecule has 1 unspecified atom stereocenters. The Labute approximate surface area is 218 Å². The number of carbonyl (C=O) groups excluding carboxylic acids is 3. The predicted octanol–water partition coefficient (Wildman–Crippen LogP) is 3.70. The number of carbonyl (C=O) groups is 3. The van der Waals surface area contributed by atoms with Crippen LogP contribution in [0, 0.1) is 11.2 Å². The first-order chi connectivity index (χ1) is 17.4. The second-order valence-electron chi connectivity index (χ2n) is 12.6. The minimum Gasteiger partial charge on any atom is -0.444 e. The van der Waals surface area contributed by atoms with E-state index in [1.165, 1.54) is 6.07 Å². The van der Waals surface area contributed by atoms with Gasteiger partial charge >= 0.3 is 6.09 Å². The largest absolute Gasteiger partial charge is 0.444 e. The molecule has 2 saturated carbocycles. The van der Waals surface area contributed by atoms with Crippen molar-refractivity contribution in [1.29, 1.82) is 0 Å². The van der Waals surface area contributed by atoms with E-state index in [1.807, 2.05) is 26.8 Å². The lowest BCUT2D eigenvalue weighted by Gasteiger charge is -2.40. The maximum Gasteiger partial charge on any atom is 0.408 e. The number of nitrogens with zero attached hydrogens (tertiary/aromatic N) is 2. The Kier molecular flexibility index (Phi) is 6.71. The van der Waals surface area contributed by atoms with Crippen LogP contribution in [0.4, 0.5) is 14.9 Å². The average molecular weight is 515 g/mol. The van der Waals surface area contributed by atoms with Crippen molar-refractivity contribution >= 4 is 23.6 Å². The van der Waals surface area contributed by atoms with Crippen molar-refractivity contribution in [2.75, 3.05) is 37.6 Å². The Bertz CT molecular complexity index is 1070. The van der Waals surface area contributed by atoms with E-state index >= 15 is 0 Å². The first-order valence-corrected chi connectivity index (χ1v) is 13.6. The Morgan fingerprint density at radius 1 is 1.14 bits per heavy atom. The number of benzene rings is 1. The molecule has 2 heterocycles. The molecule has 4 aliphatic rings. The van der Waals surface area contributed by atoms with E-state index in [1.54, 1.807) is 6.07 Å². The number of anilines is 1. The molecule has 1 atom stereocenters. The first-order valence-electron chi connectivity index (χ1n) is 13.6. The summed E-state index contributed by atoms with van der Waals surface area (Å²) in [5, 5.41) is 5.52. The number of nitrogens with one attached hydrogen (secondary N) is 2. The molecule has 8 nitrogen and oxygen atoms in total. The molecule has 2 N–H and O–H groups in total. The highest BCUT2D eigenvalue weighted by molar-refractivity contribution is 6.01. The molecule has 2 saturated heterocycles. The number of hydrogen-bond donors (Lipinski definition) is 2. The second kappa shape index (κ2) is 9.57. The van der Waals surface area contributed by atoms with E-state index in [2.05, 4.69) is 20.4 Å². The molecular formula is C28H39FN4O4. The van der Waals surface area contributed by atoms with Crippen molar-refractivity contribution in [3.8, 4) is 0 Å². The number of amides is 3. The molecule has 4 fully saturated rings. The molecule has 3 amide bonds. The fourth-order valence-corrected chi connectivity index (χ4v) is 6.86. The number of rotatable bonds is 5. The van der Waals surface area contributed by atoms with Gasteiger partial charge in [-0.2, -0.15) is 0 Å². The maximum absolute atomic E-state index is 15.0. The lowest BCUT2D eigenvalue weighted by molar-refractivity contribution is -0.134. The van der Waals surface area contributed by atoms with Crippen LogP contribution in [0.2, 0.25) is 0 Å². The summed E-state index contributed by atoms with van der Waals surface area (Å²) in [5.74, 6) is -1.72. The number of piperazine rings is 1. The molecule has 1 aromatic carbocycles. The molecule has 0 radical (unpaired) electrons. The van der Waals surface area contributed by atoms with Crippen LogP contribution >= 0.6 is 0 Å². The summed E-state index contributed by atoms with van der Waals surface area (Å²) in [7, 11) is 0. The van der Waals surface area contributed by atoms with Gasteiger partial charge in [-0.1, -0.05) is 6.07 Å². The smallest absolute Gasteiger partial charge is 0.408 e. The zero-order chi connectivity index (χ0) is 26.4. The highest BCUT2D eigenvalue weighted by atomic mass is 19.1. The van der Waals surface area contributed by atoms with Crippen LogP contribution in [-0.4, -0.2) is 66.7 Å². The topological polar surface area (TPSA) is 91.0 Å². The van der Waals surface area contributed by atoms with Crippen molar-refractivity contribution in [2.24, 2.45) is 5.41 Å². The third kappa shape index (κ3) is 5.61. The summed E-state index contributed by atoms with van der Waals surface area (Å²) in [6.45, 7) is 10.1. The first kappa shape index (κ1) is 25.9. The molecule has 202 valence electrons. The van der Waals surface area contributed by atoms with Gasteiger partial charge in [0.2, 0.25) is 11.8 Å². The van der Waals surface area contributed by atoms with E-state index in [-0.39, 0.29) is 35.2 Å². The molecule has 1 aromatic rings. The molecule has 2 bridgehead atoms. The quantitative estimate of drug-likeness (QED) is 0.583. The van der Waals surface area contributed by atoms with E-state index in [0.717, 1.165) is 70.5 Å². The highest BCUT2D eigenvalue weighted by Gasteiger charge is 2.55. The molecule has 5 rings (SSSR count). The van der Waals surface area contributed by atoms with Gasteiger partial charge in [0.1, 0.15) is 11.4 Å². The van der Waals surface area contributed by atoms with Gasteiger partial charge in [-0.05, 0) is 76.8 Å². The van der Waals surface area contributed by atoms with Crippen LogP contribution in [0.15, 0.2) is 18.2 Å². The maximum atomic E-state index is 15.0. The SMILES string of the molecule is CC(C)(C)OC(=O)NC12CCC(CN3CCN(c4ccc(C5CCC(=O)NC5=O)c(F)c4)CC3)(CC1)C2. The molecular weight excluding hydrogens is 475 g/mol. The van der Waals surface area contributed by atoms with Crippen molar-refractivity contribution in [2.45, 2.75) is 82.8 Å². The van der Waals surface area contributed by atoms with E-state index in [4.69, 9.17) is 4.74 Å². The highest BCUT2D eigenvalue weighted by Crippen LogP contribution is 2.56. The van der Waals surface area contributed by atoms with Gasteiger partial charge in [-0.25, -0.2) is 9.18 Å². The Morgan fingerprint density at radius 2 is 1.84 bits per heavy atom. The van der Waals surface area contributed by atoms with Crippen molar-refractivity contribution in [1.82, 2.24) is 15.5 Å². The summed E-state index contributed by atoms with van der Waals surface area (Å²) in [6.07, 6.45) is 5.53. The lowest BCUT2D eigenvalue weighted by atomic mass is 9.83. The third-order valence-electron chi connectivity index (χ3n) is 8.64. The number of halogens is 1. The van der Waals surface area contributed by atoms with Gasteiger partial charge in [-0.15, -0.1) is 0 Å². The zero-order valence-electron chi connectivity index (χ0n) is 22.2. The molecule has 37 heavy (non-hydrogen) atoms. The van der Waals surface area contributed by atoms with Gasteiger partial charge in [0.05, 0.1) is 5.92 Å². The van der Waals surface area contributed by atoms with Crippen LogP contribution in [0.25, 0.3) is 0 Å². The van der Waals surface area contributed by atoms with Crippen molar-refractivity contribution in [3.63, 3.8) is 0 Å². The number of imide groups is 1. The molecule has 2 aliphatic heterocycles. The van der Waals surface area contributed by atoms with Crippen LogP contribution < -0.4 is 15.5 Å². The lowest BCUT2D eigenvalue weighted by Crippen LogP contribution is -2.49. The Balaban J connectivity index is 1.14. The Hall–Kier alpha value is -2.68. The second-order valence-corrected chi connectivity index (χ2v) is 12.6. The fourth-order valence-electron chi connectivity index (χ4n) is 6.86. The van der Waals surface area contributed by atoms with Gasteiger partial charge in [0, 0.05) is 55.9 Å². The fraction of sp³-hybridized carbons (Fsp3) is 0.679. The molecule has 0 aromatic heterocycles. The summed E-state index contributed by atoms with van der Waals surface area (Å²) < 4.78 is 20.5. The van der Waals surface area contributed by atoms with Crippen LogP contribution in [0.3, 0.4) is 0 Å². The van der Waals surface area contributed by atoms with E-state index < -0.39 is 17.4 Å². The van der Waals surface area contributed by atoms with E-state index in [9.17, 15) is 18.8 Å². The van der Waals surface area contributed by atoms with Gasteiger partial charge in [0.25, 0.3) is 0 Å². The molecule has 9 heteroatoms. The number of hydrogen-bond acceptors (Lipinski definition) is 6. The van der Waals surface area contributed by atoms with Crippen molar-refractivity contribution < 1.29 is 23.5 Å². The molecule has 2 aliphatic carbocycles. The van der Waals surface area contributed by atoms with Crippen molar-refractivity contribution in [3.05, 3.63) is 29.6 Å². The Morgan fingerprint density at radius 3 is 2.46 bits per heavy atom. The minimum absolute atomic E-state index is 0.133. The standard InChI is InChI=1S/C28H39FN4O4/c1-26(2,3)37-25(36)31-28-10-8-27(17-28,9-11-28)18-32-12-14-33(15-13-32)19-4-5-20(22(29)16-19)21-6-7-23(34)30-24(21)35/h4-5,16,21H,6-15,17-18H2,1-3H3,(H,31,36)(H,30,34,35).